The molecule has 1 aliphatic carbocycles. The Morgan fingerprint density at radius 3 is 2.30 bits per heavy atom. The van der Waals surface area contributed by atoms with E-state index in [0.29, 0.717) is 12.1 Å². The van der Waals surface area contributed by atoms with Gasteiger partial charge < -0.3 is 19.3 Å². The summed E-state index contributed by atoms with van der Waals surface area (Å²) < 4.78 is 11.5. The number of rotatable bonds is 3. The van der Waals surface area contributed by atoms with Crippen LogP contribution in [0.25, 0.3) is 0 Å². The van der Waals surface area contributed by atoms with Gasteiger partial charge in [0.05, 0.1) is 12.1 Å². The molecule has 0 aromatic rings. The topological polar surface area (TPSA) is 37.3 Å². The zero-order valence-corrected chi connectivity index (χ0v) is 13.6. The predicted octanol–water partition coefficient (Wildman–Crippen LogP) is 1.44. The molecule has 0 N–H and O–H groups in total. The van der Waals surface area contributed by atoms with Gasteiger partial charge in [-0.15, -0.1) is 0 Å². The molecular weight excluding hydrogens is 254 g/mol. The van der Waals surface area contributed by atoms with E-state index in [1.54, 1.807) is 0 Å². The fourth-order valence-electron chi connectivity index (χ4n) is 3.52. The maximum Gasteiger partial charge on any atom is 0.195 e. The first kappa shape index (κ1) is 15.6. The minimum Gasteiger partial charge on any atom is -0.381 e. The monoisotopic (exact) mass is 283 g/mol. The van der Waals surface area contributed by atoms with Gasteiger partial charge in [-0.3, -0.25) is 0 Å². The third-order valence-electron chi connectivity index (χ3n) is 4.61. The molecule has 1 saturated heterocycles. The average molecular weight is 283 g/mol. The third-order valence-corrected chi connectivity index (χ3v) is 4.61. The van der Waals surface area contributed by atoms with Crippen LogP contribution >= 0.6 is 0 Å². The Balaban J connectivity index is 2.17. The summed E-state index contributed by atoms with van der Waals surface area (Å²) in [5.74, 6) is 1.04. The van der Waals surface area contributed by atoms with Gasteiger partial charge in [0.15, 0.2) is 5.96 Å². The van der Waals surface area contributed by atoms with Gasteiger partial charge in [-0.25, -0.2) is 4.99 Å². The Morgan fingerprint density at radius 2 is 1.80 bits per heavy atom. The highest BCUT2D eigenvalue weighted by Gasteiger charge is 2.56. The van der Waals surface area contributed by atoms with E-state index in [2.05, 4.69) is 16.7 Å². The zero-order valence-electron chi connectivity index (χ0n) is 13.6. The normalized spacial score (nSPS) is 27.9. The van der Waals surface area contributed by atoms with Crippen molar-refractivity contribution >= 4 is 5.96 Å². The summed E-state index contributed by atoms with van der Waals surface area (Å²) in [5, 5.41) is 0. The van der Waals surface area contributed by atoms with E-state index in [1.165, 1.54) is 0 Å². The van der Waals surface area contributed by atoms with E-state index < -0.39 is 0 Å². The van der Waals surface area contributed by atoms with Crippen LogP contribution in [0, 0.1) is 5.41 Å². The van der Waals surface area contributed by atoms with Crippen LogP contribution in [0.2, 0.25) is 0 Å². The molecule has 1 heterocycles. The van der Waals surface area contributed by atoms with Crippen molar-refractivity contribution in [1.29, 1.82) is 0 Å². The van der Waals surface area contributed by atoms with Crippen molar-refractivity contribution in [2.24, 2.45) is 10.4 Å². The van der Waals surface area contributed by atoms with E-state index in [9.17, 15) is 0 Å². The van der Waals surface area contributed by atoms with Gasteiger partial charge in [-0.05, 0) is 26.2 Å². The Kier molecular flexibility index (Phi) is 4.91. The first-order valence-electron chi connectivity index (χ1n) is 7.63. The van der Waals surface area contributed by atoms with Crippen molar-refractivity contribution in [2.45, 2.75) is 38.3 Å². The van der Waals surface area contributed by atoms with Crippen LogP contribution in [-0.4, -0.2) is 75.9 Å². The Hall–Kier alpha value is -0.810. The Bertz CT molecular complexity index is 339. The van der Waals surface area contributed by atoms with Gasteiger partial charge in [-0.1, -0.05) is 0 Å². The van der Waals surface area contributed by atoms with Crippen molar-refractivity contribution in [3.63, 3.8) is 0 Å². The van der Waals surface area contributed by atoms with Gasteiger partial charge in [0.25, 0.3) is 0 Å². The fourth-order valence-corrected chi connectivity index (χ4v) is 3.52. The molecular formula is C15H29N3O2. The third kappa shape index (κ3) is 2.79. The lowest BCUT2D eigenvalue weighted by molar-refractivity contribution is -0.163. The molecule has 2 fully saturated rings. The molecule has 2 unspecified atom stereocenters. The number of ether oxygens (including phenoxy) is 2. The SMILES string of the molecule is CCOC1CC(N=C(N(C)C)N(C)C)C12CCOCC2. The Morgan fingerprint density at radius 1 is 1.20 bits per heavy atom. The lowest BCUT2D eigenvalue weighted by Gasteiger charge is -2.55. The van der Waals surface area contributed by atoms with Crippen molar-refractivity contribution in [3.05, 3.63) is 0 Å². The molecule has 5 heteroatoms. The number of guanidine groups is 1. The van der Waals surface area contributed by atoms with Gasteiger partial charge >= 0.3 is 0 Å². The molecule has 20 heavy (non-hydrogen) atoms. The van der Waals surface area contributed by atoms with E-state index >= 15 is 0 Å². The van der Waals surface area contributed by atoms with Crippen molar-refractivity contribution in [3.8, 4) is 0 Å². The summed E-state index contributed by atoms with van der Waals surface area (Å²) in [5.41, 5.74) is 0.200. The molecule has 2 rings (SSSR count). The first-order chi connectivity index (χ1) is 9.51. The summed E-state index contributed by atoms with van der Waals surface area (Å²) in [7, 11) is 8.20. The molecule has 0 amide bonds. The van der Waals surface area contributed by atoms with Gasteiger partial charge in [0.2, 0.25) is 0 Å². The smallest absolute Gasteiger partial charge is 0.195 e. The van der Waals surface area contributed by atoms with Gasteiger partial charge in [0, 0.05) is 53.4 Å². The van der Waals surface area contributed by atoms with E-state index in [-0.39, 0.29) is 5.41 Å². The van der Waals surface area contributed by atoms with Crippen LogP contribution in [0.15, 0.2) is 4.99 Å². The molecule has 0 bridgehead atoms. The first-order valence-corrected chi connectivity index (χ1v) is 7.63. The van der Waals surface area contributed by atoms with Crippen LogP contribution in [0.1, 0.15) is 26.2 Å². The lowest BCUT2D eigenvalue weighted by Crippen LogP contribution is -2.60. The van der Waals surface area contributed by atoms with Crippen LogP contribution in [0.3, 0.4) is 0 Å². The highest BCUT2D eigenvalue weighted by molar-refractivity contribution is 5.79. The van der Waals surface area contributed by atoms with Crippen molar-refractivity contribution < 1.29 is 9.47 Å². The summed E-state index contributed by atoms with van der Waals surface area (Å²) in [6, 6.07) is 0.364. The average Bonchev–Trinajstić information content (AvgIpc) is 2.42. The van der Waals surface area contributed by atoms with Crippen LogP contribution in [-0.2, 0) is 9.47 Å². The molecule has 116 valence electrons. The standard InChI is InChI=1S/C15H29N3O2/c1-6-20-13-11-12(15(13)7-9-19-10-8-15)16-14(17(2)3)18(4)5/h12-13H,6-11H2,1-5H3. The maximum atomic E-state index is 5.95. The largest absolute Gasteiger partial charge is 0.381 e. The van der Waals surface area contributed by atoms with Crippen molar-refractivity contribution in [1.82, 2.24) is 9.80 Å². The summed E-state index contributed by atoms with van der Waals surface area (Å²) in [6.07, 6.45) is 3.54. The van der Waals surface area contributed by atoms with Crippen LogP contribution < -0.4 is 0 Å². The van der Waals surface area contributed by atoms with E-state index in [1.807, 2.05) is 28.2 Å². The number of aliphatic imine (C=N–C) groups is 1. The molecule has 1 aliphatic heterocycles. The highest BCUT2D eigenvalue weighted by atomic mass is 16.5. The molecule has 0 aromatic carbocycles. The number of nitrogens with zero attached hydrogens (tertiary/aromatic N) is 3. The minimum absolute atomic E-state index is 0.200. The molecule has 2 atom stereocenters. The highest BCUT2D eigenvalue weighted by Crippen LogP contribution is 2.52. The summed E-state index contributed by atoms with van der Waals surface area (Å²) in [6.45, 7) is 4.55. The lowest BCUT2D eigenvalue weighted by atomic mass is 9.58. The number of hydrogen-bond acceptors (Lipinski definition) is 3. The second kappa shape index (κ2) is 6.31. The minimum atomic E-state index is 0.200. The second-order valence-corrected chi connectivity index (χ2v) is 6.26. The quantitative estimate of drug-likeness (QED) is 0.580. The predicted molar refractivity (Wildman–Crippen MR) is 81.1 cm³/mol. The molecule has 1 spiro atoms. The summed E-state index contributed by atoms with van der Waals surface area (Å²) in [4.78, 5) is 9.19. The molecule has 0 radical (unpaired) electrons. The second-order valence-electron chi connectivity index (χ2n) is 6.26. The molecule has 1 saturated carbocycles. The van der Waals surface area contributed by atoms with E-state index in [4.69, 9.17) is 14.5 Å². The Labute approximate surface area is 122 Å². The van der Waals surface area contributed by atoms with Crippen LogP contribution in [0.5, 0.6) is 0 Å². The molecule has 2 aliphatic rings. The zero-order chi connectivity index (χ0) is 14.8. The maximum absolute atomic E-state index is 5.95. The fraction of sp³-hybridized carbons (Fsp3) is 0.933. The van der Waals surface area contributed by atoms with Crippen molar-refractivity contribution in [2.75, 3.05) is 48.0 Å². The number of hydrogen-bond donors (Lipinski definition) is 0. The summed E-state index contributed by atoms with van der Waals surface area (Å²) >= 11 is 0. The molecule has 5 nitrogen and oxygen atoms in total. The van der Waals surface area contributed by atoms with Gasteiger partial charge in [0.1, 0.15) is 0 Å². The van der Waals surface area contributed by atoms with Gasteiger partial charge in [-0.2, -0.15) is 0 Å². The van der Waals surface area contributed by atoms with E-state index in [0.717, 1.165) is 45.0 Å². The van der Waals surface area contributed by atoms with Crippen LogP contribution in [0.4, 0.5) is 0 Å². The molecule has 0 aromatic heterocycles.